The highest BCUT2D eigenvalue weighted by Crippen LogP contribution is 2.18. The molecule has 3 rings (SSSR count). The van der Waals surface area contributed by atoms with E-state index in [1.54, 1.807) is 0 Å². The second-order valence-electron chi connectivity index (χ2n) is 4.64. The molecule has 0 unspecified atom stereocenters. The number of aryl methyl sites for hydroxylation is 1. The Hall–Kier alpha value is -1.59. The molecule has 0 aliphatic rings. The topological polar surface area (TPSA) is 31.2 Å². The van der Waals surface area contributed by atoms with Crippen LogP contribution in [-0.4, -0.2) is 11.2 Å². The first-order valence-electron chi connectivity index (χ1n) is 6.71. The summed E-state index contributed by atoms with van der Waals surface area (Å²) in [5.41, 5.74) is 1.01. The van der Waals surface area contributed by atoms with E-state index in [0.717, 1.165) is 26.9 Å². The number of aromatic nitrogens is 1. The largest absolute Gasteiger partial charge is 0.494 e. The van der Waals surface area contributed by atoms with Gasteiger partial charge in [0.05, 0.1) is 16.8 Å². The molecule has 0 N–H and O–H groups in total. The van der Waals surface area contributed by atoms with E-state index in [0.29, 0.717) is 13.2 Å². The Balaban J connectivity index is 1.61. The van der Waals surface area contributed by atoms with Gasteiger partial charge >= 0.3 is 4.87 Å². The quantitative estimate of drug-likeness (QED) is 0.633. The maximum absolute atomic E-state index is 12.0. The summed E-state index contributed by atoms with van der Waals surface area (Å²) in [5, 5.41) is 0. The van der Waals surface area contributed by atoms with Crippen molar-refractivity contribution < 1.29 is 4.74 Å². The normalized spacial score (nSPS) is 10.9. The molecule has 0 aliphatic heterocycles. The van der Waals surface area contributed by atoms with E-state index in [9.17, 15) is 4.79 Å². The predicted molar refractivity (Wildman–Crippen MR) is 90.3 cm³/mol. The summed E-state index contributed by atoms with van der Waals surface area (Å²) in [6.45, 7) is 1.28. The van der Waals surface area contributed by atoms with Crippen LogP contribution in [0.5, 0.6) is 5.75 Å². The molecule has 1 heterocycles. The summed E-state index contributed by atoms with van der Waals surface area (Å²) < 4.78 is 9.57. The van der Waals surface area contributed by atoms with Gasteiger partial charge in [0, 0.05) is 11.0 Å². The molecule has 3 nitrogen and oxygen atoms in total. The zero-order valence-corrected chi connectivity index (χ0v) is 13.7. The van der Waals surface area contributed by atoms with Crippen molar-refractivity contribution in [2.75, 3.05) is 6.61 Å². The predicted octanol–water partition coefficient (Wildman–Crippen LogP) is 4.29. The molecule has 3 aromatic rings. The van der Waals surface area contributed by atoms with Gasteiger partial charge in [0.25, 0.3) is 0 Å². The van der Waals surface area contributed by atoms with Crippen molar-refractivity contribution in [2.45, 2.75) is 13.0 Å². The molecule has 0 fully saturated rings. The van der Waals surface area contributed by atoms with E-state index in [4.69, 9.17) is 4.74 Å². The summed E-state index contributed by atoms with van der Waals surface area (Å²) in [5.74, 6) is 0.848. The van der Waals surface area contributed by atoms with Crippen LogP contribution in [0.4, 0.5) is 0 Å². The third-order valence-electron chi connectivity index (χ3n) is 3.18. The van der Waals surface area contributed by atoms with Gasteiger partial charge in [0.1, 0.15) is 5.75 Å². The minimum absolute atomic E-state index is 0.0971. The van der Waals surface area contributed by atoms with Crippen LogP contribution in [0.25, 0.3) is 10.2 Å². The van der Waals surface area contributed by atoms with Gasteiger partial charge in [0.15, 0.2) is 0 Å². The number of ether oxygens (including phenoxy) is 1. The summed E-state index contributed by atoms with van der Waals surface area (Å²) in [6.07, 6.45) is 0.802. The van der Waals surface area contributed by atoms with Crippen molar-refractivity contribution in [2.24, 2.45) is 0 Å². The van der Waals surface area contributed by atoms with E-state index in [2.05, 4.69) is 15.9 Å². The van der Waals surface area contributed by atoms with Crippen LogP contribution in [0.2, 0.25) is 0 Å². The van der Waals surface area contributed by atoms with Crippen molar-refractivity contribution in [3.05, 3.63) is 62.7 Å². The van der Waals surface area contributed by atoms with E-state index in [1.807, 2.05) is 53.1 Å². The van der Waals surface area contributed by atoms with Crippen LogP contribution >= 0.6 is 27.3 Å². The number of halogens is 1. The van der Waals surface area contributed by atoms with Gasteiger partial charge in [-0.25, -0.2) is 0 Å². The fourth-order valence-electron chi connectivity index (χ4n) is 2.17. The zero-order valence-electron chi connectivity index (χ0n) is 11.3. The molecule has 21 heavy (non-hydrogen) atoms. The van der Waals surface area contributed by atoms with Crippen LogP contribution in [-0.2, 0) is 6.54 Å². The molecular weight excluding hydrogens is 350 g/mol. The number of hydrogen-bond acceptors (Lipinski definition) is 3. The molecular formula is C16H14BrNO2S. The molecule has 0 radical (unpaired) electrons. The Morgan fingerprint density at radius 1 is 1.10 bits per heavy atom. The molecule has 108 valence electrons. The SMILES string of the molecule is O=c1sc2ccccc2n1CCCOc1ccc(Br)cc1. The molecule has 5 heteroatoms. The number of benzene rings is 2. The number of thiazole rings is 1. The summed E-state index contributed by atoms with van der Waals surface area (Å²) in [6, 6.07) is 15.6. The smallest absolute Gasteiger partial charge is 0.308 e. The lowest BCUT2D eigenvalue weighted by molar-refractivity contribution is 0.302. The van der Waals surface area contributed by atoms with Gasteiger partial charge in [-0.2, -0.15) is 0 Å². The van der Waals surface area contributed by atoms with Crippen molar-refractivity contribution in [3.8, 4) is 5.75 Å². The first-order valence-corrected chi connectivity index (χ1v) is 8.32. The van der Waals surface area contributed by atoms with Crippen molar-refractivity contribution in [3.63, 3.8) is 0 Å². The average Bonchev–Trinajstić information content (AvgIpc) is 2.81. The zero-order chi connectivity index (χ0) is 14.7. The average molecular weight is 364 g/mol. The minimum atomic E-state index is 0.0971. The van der Waals surface area contributed by atoms with Crippen LogP contribution in [0.15, 0.2) is 57.8 Å². The van der Waals surface area contributed by atoms with Gasteiger partial charge in [-0.1, -0.05) is 39.4 Å². The fourth-order valence-corrected chi connectivity index (χ4v) is 3.35. The summed E-state index contributed by atoms with van der Waals surface area (Å²) in [7, 11) is 0. The Morgan fingerprint density at radius 2 is 1.86 bits per heavy atom. The fraction of sp³-hybridized carbons (Fsp3) is 0.188. The molecule has 0 bridgehead atoms. The number of fused-ring (bicyclic) bond motifs is 1. The van der Waals surface area contributed by atoms with E-state index in [1.165, 1.54) is 11.3 Å². The third-order valence-corrected chi connectivity index (χ3v) is 4.67. The van der Waals surface area contributed by atoms with Crippen molar-refractivity contribution in [1.29, 1.82) is 0 Å². The van der Waals surface area contributed by atoms with E-state index in [-0.39, 0.29) is 4.87 Å². The summed E-state index contributed by atoms with van der Waals surface area (Å²) in [4.78, 5) is 12.1. The number of nitrogens with zero attached hydrogens (tertiary/aromatic N) is 1. The lowest BCUT2D eigenvalue weighted by Gasteiger charge is -2.07. The molecule has 0 spiro atoms. The van der Waals surface area contributed by atoms with Gasteiger partial charge in [-0.15, -0.1) is 0 Å². The van der Waals surface area contributed by atoms with Crippen LogP contribution < -0.4 is 9.61 Å². The van der Waals surface area contributed by atoms with Crippen LogP contribution in [0.1, 0.15) is 6.42 Å². The van der Waals surface area contributed by atoms with Crippen molar-refractivity contribution >= 4 is 37.5 Å². The first-order chi connectivity index (χ1) is 10.2. The number of hydrogen-bond donors (Lipinski definition) is 0. The van der Waals surface area contributed by atoms with Crippen LogP contribution in [0.3, 0.4) is 0 Å². The Labute approximate surface area is 134 Å². The van der Waals surface area contributed by atoms with Crippen molar-refractivity contribution in [1.82, 2.24) is 4.57 Å². The van der Waals surface area contributed by atoms with E-state index >= 15 is 0 Å². The second kappa shape index (κ2) is 6.45. The molecule has 0 saturated heterocycles. The highest BCUT2D eigenvalue weighted by atomic mass is 79.9. The highest BCUT2D eigenvalue weighted by molar-refractivity contribution is 9.10. The molecule has 2 aromatic carbocycles. The third kappa shape index (κ3) is 3.36. The number of para-hydroxylation sites is 1. The maximum atomic E-state index is 12.0. The van der Waals surface area contributed by atoms with Gasteiger partial charge in [0.2, 0.25) is 0 Å². The molecule has 0 atom stereocenters. The lowest BCUT2D eigenvalue weighted by atomic mass is 10.3. The van der Waals surface area contributed by atoms with Gasteiger partial charge < -0.3 is 4.74 Å². The molecule has 1 aromatic heterocycles. The molecule has 0 aliphatic carbocycles. The van der Waals surface area contributed by atoms with Crippen LogP contribution in [0, 0.1) is 0 Å². The summed E-state index contributed by atoms with van der Waals surface area (Å²) >= 11 is 4.69. The Kier molecular flexibility index (Phi) is 4.41. The highest BCUT2D eigenvalue weighted by Gasteiger charge is 2.06. The Morgan fingerprint density at radius 3 is 2.67 bits per heavy atom. The monoisotopic (exact) mass is 363 g/mol. The minimum Gasteiger partial charge on any atom is -0.494 e. The molecule has 0 saturated carbocycles. The molecule has 0 amide bonds. The lowest BCUT2D eigenvalue weighted by Crippen LogP contribution is -2.14. The number of rotatable bonds is 5. The maximum Gasteiger partial charge on any atom is 0.308 e. The van der Waals surface area contributed by atoms with E-state index < -0.39 is 0 Å². The second-order valence-corrected chi connectivity index (χ2v) is 6.55. The standard InChI is InChI=1S/C16H14BrNO2S/c17-12-6-8-13(9-7-12)20-11-3-10-18-14-4-1-2-5-15(14)21-16(18)19/h1-2,4-9H,3,10-11H2. The first kappa shape index (κ1) is 14.4. The Bertz CT molecular complexity index is 792. The van der Waals surface area contributed by atoms with Gasteiger partial charge in [-0.05, 0) is 42.8 Å². The van der Waals surface area contributed by atoms with Gasteiger partial charge in [-0.3, -0.25) is 9.36 Å².